The van der Waals surface area contributed by atoms with Crippen LogP contribution in [0.3, 0.4) is 0 Å². The molecular weight excluding hydrogens is 330 g/mol. The van der Waals surface area contributed by atoms with Gasteiger partial charge < -0.3 is 14.7 Å². The first-order chi connectivity index (χ1) is 9.17. The van der Waals surface area contributed by atoms with Crippen LogP contribution in [0.1, 0.15) is 11.3 Å². The van der Waals surface area contributed by atoms with Gasteiger partial charge in [-0.3, -0.25) is 0 Å². The standard InChI is InChI=1S/C12H10BrN3O2S/c1-6-4-7(5-14)17-10(6)12-15-11(16-18-12)8-2-3-9(13)19-8/h2-4H,5,14H2,1H3. The zero-order valence-corrected chi connectivity index (χ0v) is 12.4. The smallest absolute Gasteiger partial charge is 0.294 e. The molecule has 0 aromatic carbocycles. The van der Waals surface area contributed by atoms with E-state index in [1.165, 1.54) is 0 Å². The predicted octanol–water partition coefficient (Wildman–Crippen LogP) is 3.59. The largest absolute Gasteiger partial charge is 0.454 e. The van der Waals surface area contributed by atoms with Crippen LogP contribution in [-0.2, 0) is 6.54 Å². The van der Waals surface area contributed by atoms with E-state index >= 15 is 0 Å². The molecule has 0 amide bonds. The highest BCUT2D eigenvalue weighted by atomic mass is 79.9. The van der Waals surface area contributed by atoms with E-state index < -0.39 is 0 Å². The van der Waals surface area contributed by atoms with E-state index in [4.69, 9.17) is 14.7 Å². The lowest BCUT2D eigenvalue weighted by Crippen LogP contribution is -1.92. The van der Waals surface area contributed by atoms with Crippen molar-refractivity contribution in [1.29, 1.82) is 0 Å². The molecular formula is C12H10BrN3O2S. The van der Waals surface area contributed by atoms with Crippen LogP contribution in [0.2, 0.25) is 0 Å². The summed E-state index contributed by atoms with van der Waals surface area (Å²) in [6, 6.07) is 5.76. The number of halogens is 1. The molecule has 0 unspecified atom stereocenters. The summed E-state index contributed by atoms with van der Waals surface area (Å²) in [4.78, 5) is 5.29. The SMILES string of the molecule is Cc1cc(CN)oc1-c1nc(-c2ccc(Br)s2)no1. The van der Waals surface area contributed by atoms with Crippen molar-refractivity contribution >= 4 is 27.3 Å². The van der Waals surface area contributed by atoms with Crippen molar-refractivity contribution in [1.82, 2.24) is 10.1 Å². The lowest BCUT2D eigenvalue weighted by Gasteiger charge is -1.89. The summed E-state index contributed by atoms with van der Waals surface area (Å²) in [5, 5.41) is 3.96. The van der Waals surface area contributed by atoms with Gasteiger partial charge in [-0.1, -0.05) is 5.16 Å². The third kappa shape index (κ3) is 2.36. The van der Waals surface area contributed by atoms with Crippen LogP contribution in [0.15, 0.2) is 30.9 Å². The predicted molar refractivity (Wildman–Crippen MR) is 75.6 cm³/mol. The average Bonchev–Trinajstić information content (AvgIpc) is 3.07. The Morgan fingerprint density at radius 3 is 2.89 bits per heavy atom. The number of hydrogen-bond donors (Lipinski definition) is 1. The van der Waals surface area contributed by atoms with Gasteiger partial charge in [0, 0.05) is 5.56 Å². The number of thiophene rings is 1. The molecule has 0 atom stereocenters. The summed E-state index contributed by atoms with van der Waals surface area (Å²) < 4.78 is 11.8. The van der Waals surface area contributed by atoms with Gasteiger partial charge >= 0.3 is 0 Å². The molecule has 0 fully saturated rings. The van der Waals surface area contributed by atoms with Crippen LogP contribution < -0.4 is 5.73 Å². The van der Waals surface area contributed by atoms with Gasteiger partial charge in [0.05, 0.1) is 15.2 Å². The number of aryl methyl sites for hydroxylation is 1. The van der Waals surface area contributed by atoms with Gasteiger partial charge in [-0.15, -0.1) is 11.3 Å². The summed E-state index contributed by atoms with van der Waals surface area (Å²) in [6.07, 6.45) is 0. The maximum absolute atomic E-state index is 5.58. The van der Waals surface area contributed by atoms with E-state index in [0.717, 1.165) is 14.2 Å². The van der Waals surface area contributed by atoms with Gasteiger partial charge in [-0.05, 0) is 41.1 Å². The molecule has 2 N–H and O–H groups in total. The van der Waals surface area contributed by atoms with E-state index in [1.54, 1.807) is 11.3 Å². The molecule has 0 spiro atoms. The van der Waals surface area contributed by atoms with Gasteiger partial charge in [0.25, 0.3) is 5.89 Å². The molecule has 0 bridgehead atoms. The lowest BCUT2D eigenvalue weighted by molar-refractivity contribution is 0.411. The summed E-state index contributed by atoms with van der Waals surface area (Å²) >= 11 is 4.95. The fourth-order valence-electron chi connectivity index (χ4n) is 1.71. The van der Waals surface area contributed by atoms with Crippen LogP contribution in [0.4, 0.5) is 0 Å². The van der Waals surface area contributed by atoms with Crippen LogP contribution in [0.25, 0.3) is 22.4 Å². The summed E-state index contributed by atoms with van der Waals surface area (Å²) in [5.74, 6) is 2.20. The number of furan rings is 1. The third-order valence-corrected chi connectivity index (χ3v) is 4.20. The minimum absolute atomic E-state index is 0.347. The second-order valence-electron chi connectivity index (χ2n) is 3.96. The topological polar surface area (TPSA) is 78.1 Å². The number of rotatable bonds is 3. The Hall–Kier alpha value is -1.44. The molecule has 0 aliphatic heterocycles. The zero-order chi connectivity index (χ0) is 13.4. The van der Waals surface area contributed by atoms with E-state index in [-0.39, 0.29) is 0 Å². The Morgan fingerprint density at radius 1 is 1.42 bits per heavy atom. The normalized spacial score (nSPS) is 11.1. The molecule has 0 saturated carbocycles. The number of aromatic nitrogens is 2. The van der Waals surface area contributed by atoms with Gasteiger partial charge in [-0.25, -0.2) is 0 Å². The highest BCUT2D eigenvalue weighted by molar-refractivity contribution is 9.11. The summed E-state index contributed by atoms with van der Waals surface area (Å²) in [6.45, 7) is 2.27. The second-order valence-corrected chi connectivity index (χ2v) is 6.42. The zero-order valence-electron chi connectivity index (χ0n) is 10.0. The van der Waals surface area contributed by atoms with E-state index in [2.05, 4.69) is 26.1 Å². The van der Waals surface area contributed by atoms with Gasteiger partial charge in [0.15, 0.2) is 5.76 Å². The van der Waals surface area contributed by atoms with Gasteiger partial charge in [-0.2, -0.15) is 4.98 Å². The van der Waals surface area contributed by atoms with Gasteiger partial charge in [0.2, 0.25) is 5.82 Å². The maximum atomic E-state index is 5.58. The first-order valence-electron chi connectivity index (χ1n) is 5.56. The molecule has 7 heteroatoms. The molecule has 3 aromatic heterocycles. The minimum atomic E-state index is 0.347. The Bertz CT molecular complexity index is 716. The van der Waals surface area contributed by atoms with Crippen molar-refractivity contribution in [3.8, 4) is 22.4 Å². The number of nitrogens with two attached hydrogens (primary N) is 1. The van der Waals surface area contributed by atoms with Gasteiger partial charge in [0.1, 0.15) is 5.76 Å². The molecule has 3 heterocycles. The fraction of sp³-hybridized carbons (Fsp3) is 0.167. The van der Waals surface area contributed by atoms with Crippen molar-refractivity contribution in [2.45, 2.75) is 13.5 Å². The molecule has 19 heavy (non-hydrogen) atoms. The highest BCUT2D eigenvalue weighted by Crippen LogP contribution is 2.32. The molecule has 98 valence electrons. The molecule has 3 rings (SSSR count). The Morgan fingerprint density at radius 2 is 2.26 bits per heavy atom. The van der Waals surface area contributed by atoms with Crippen LogP contribution in [0.5, 0.6) is 0 Å². The van der Waals surface area contributed by atoms with E-state index in [9.17, 15) is 0 Å². The van der Waals surface area contributed by atoms with E-state index in [0.29, 0.717) is 29.8 Å². The Balaban J connectivity index is 1.98. The van der Waals surface area contributed by atoms with Crippen LogP contribution in [0, 0.1) is 6.92 Å². The number of nitrogens with zero attached hydrogens (tertiary/aromatic N) is 2. The maximum Gasteiger partial charge on any atom is 0.294 e. The van der Waals surface area contributed by atoms with Crippen molar-refractivity contribution in [2.75, 3.05) is 0 Å². The van der Waals surface area contributed by atoms with E-state index in [1.807, 2.05) is 25.1 Å². The highest BCUT2D eigenvalue weighted by Gasteiger charge is 2.17. The average molecular weight is 340 g/mol. The fourth-order valence-corrected chi connectivity index (χ4v) is 3.02. The Labute approximate surface area is 121 Å². The third-order valence-electron chi connectivity index (χ3n) is 2.58. The number of hydrogen-bond acceptors (Lipinski definition) is 6. The molecule has 0 aliphatic carbocycles. The first-order valence-corrected chi connectivity index (χ1v) is 7.17. The van der Waals surface area contributed by atoms with Crippen LogP contribution >= 0.6 is 27.3 Å². The molecule has 0 saturated heterocycles. The van der Waals surface area contributed by atoms with Crippen molar-refractivity contribution in [3.05, 3.63) is 33.3 Å². The van der Waals surface area contributed by atoms with Crippen molar-refractivity contribution in [2.24, 2.45) is 5.73 Å². The quantitative estimate of drug-likeness (QED) is 0.788. The minimum Gasteiger partial charge on any atom is -0.454 e. The second kappa shape index (κ2) is 4.92. The molecule has 3 aromatic rings. The Kier molecular flexibility index (Phi) is 3.26. The first kappa shape index (κ1) is 12.6. The monoisotopic (exact) mass is 339 g/mol. The van der Waals surface area contributed by atoms with Crippen molar-refractivity contribution < 1.29 is 8.94 Å². The van der Waals surface area contributed by atoms with Crippen molar-refractivity contribution in [3.63, 3.8) is 0 Å². The van der Waals surface area contributed by atoms with Crippen LogP contribution in [-0.4, -0.2) is 10.1 Å². The molecule has 5 nitrogen and oxygen atoms in total. The lowest BCUT2D eigenvalue weighted by atomic mass is 10.2. The summed E-state index contributed by atoms with van der Waals surface area (Å²) in [5.41, 5.74) is 6.48. The summed E-state index contributed by atoms with van der Waals surface area (Å²) in [7, 11) is 0. The molecule has 0 aliphatic rings. The molecule has 0 radical (unpaired) electrons.